The van der Waals surface area contributed by atoms with Crippen molar-refractivity contribution in [3.63, 3.8) is 0 Å². The van der Waals surface area contributed by atoms with E-state index in [0.29, 0.717) is 13.2 Å². The largest absolute Gasteiger partial charge is 0.394 e. The molecule has 0 unspecified atom stereocenters. The number of hydrogen-bond acceptors (Lipinski definition) is 3. The van der Waals surface area contributed by atoms with Gasteiger partial charge in [-0.1, -0.05) is 30.3 Å². The van der Waals surface area contributed by atoms with E-state index in [0.717, 1.165) is 5.56 Å². The summed E-state index contributed by atoms with van der Waals surface area (Å²) in [5, 5.41) is 8.71. The molecular weight excluding hydrogens is 181 g/mol. The van der Waals surface area contributed by atoms with Gasteiger partial charge in [0.2, 0.25) is 0 Å². The standard InChI is InChI=1S/C11H14O3/c12-6-10-11(14-10)8-13-7-9-4-2-1-3-5-9/h1-5,10-12H,6-8H2/t10-,11+/m0/s1/i11+1. The van der Waals surface area contributed by atoms with Crippen molar-refractivity contribution in [2.24, 2.45) is 0 Å². The Bertz CT molecular complexity index is 273. The molecule has 1 saturated heterocycles. The van der Waals surface area contributed by atoms with E-state index >= 15 is 0 Å². The van der Waals surface area contributed by atoms with Crippen molar-refractivity contribution in [2.45, 2.75) is 18.8 Å². The molecule has 2 atom stereocenters. The van der Waals surface area contributed by atoms with Crippen LogP contribution in [0.1, 0.15) is 5.56 Å². The van der Waals surface area contributed by atoms with Gasteiger partial charge in [0.25, 0.3) is 0 Å². The summed E-state index contributed by atoms with van der Waals surface area (Å²) in [5.74, 6) is 0. The van der Waals surface area contributed by atoms with Crippen molar-refractivity contribution >= 4 is 0 Å². The molecule has 1 N–H and O–H groups in total. The smallest absolute Gasteiger partial charge is 0.110 e. The Morgan fingerprint density at radius 3 is 2.64 bits per heavy atom. The average Bonchev–Trinajstić information content (AvgIpc) is 2.98. The molecule has 0 aromatic heterocycles. The molecule has 0 radical (unpaired) electrons. The summed E-state index contributed by atoms with van der Waals surface area (Å²) in [7, 11) is 0. The van der Waals surface area contributed by atoms with Gasteiger partial charge in [-0.2, -0.15) is 0 Å². The van der Waals surface area contributed by atoms with Crippen molar-refractivity contribution in [1.29, 1.82) is 0 Å². The van der Waals surface area contributed by atoms with Crippen LogP contribution in [0.15, 0.2) is 30.3 Å². The number of hydrogen-bond donors (Lipinski definition) is 1. The summed E-state index contributed by atoms with van der Waals surface area (Å²) in [6, 6.07) is 10.0. The molecule has 0 spiro atoms. The monoisotopic (exact) mass is 195 g/mol. The molecule has 2 rings (SSSR count). The number of benzene rings is 1. The highest BCUT2D eigenvalue weighted by molar-refractivity contribution is 5.13. The molecular formula is C11H14O3. The second-order valence-corrected chi connectivity index (χ2v) is 3.40. The molecule has 0 aliphatic carbocycles. The summed E-state index contributed by atoms with van der Waals surface area (Å²) in [5.41, 5.74) is 1.16. The van der Waals surface area contributed by atoms with Gasteiger partial charge in [-0.3, -0.25) is 0 Å². The van der Waals surface area contributed by atoms with Crippen LogP contribution in [0.5, 0.6) is 0 Å². The summed E-state index contributed by atoms with van der Waals surface area (Å²) < 4.78 is 10.6. The van der Waals surface area contributed by atoms with E-state index in [4.69, 9.17) is 14.6 Å². The Morgan fingerprint density at radius 1 is 1.21 bits per heavy atom. The molecule has 3 nitrogen and oxygen atoms in total. The number of aliphatic hydroxyl groups is 1. The first-order valence-electron chi connectivity index (χ1n) is 4.78. The fourth-order valence-electron chi connectivity index (χ4n) is 1.35. The summed E-state index contributed by atoms with van der Waals surface area (Å²) in [6.07, 6.45) is 0.106. The maximum Gasteiger partial charge on any atom is 0.110 e. The zero-order valence-electron chi connectivity index (χ0n) is 7.93. The van der Waals surface area contributed by atoms with Crippen LogP contribution in [-0.4, -0.2) is 30.5 Å². The molecule has 3 heteroatoms. The number of epoxide rings is 1. The molecule has 0 saturated carbocycles. The molecule has 0 bridgehead atoms. The predicted octanol–water partition coefficient (Wildman–Crippen LogP) is 0.963. The first-order valence-corrected chi connectivity index (χ1v) is 4.78. The Balaban J connectivity index is 1.64. The Hall–Kier alpha value is -0.900. The molecule has 1 heterocycles. The van der Waals surface area contributed by atoms with Crippen LogP contribution < -0.4 is 0 Å². The second kappa shape index (κ2) is 4.55. The fraction of sp³-hybridized carbons (Fsp3) is 0.455. The Labute approximate surface area is 83.3 Å². The molecule has 1 aliphatic rings. The highest BCUT2D eigenvalue weighted by Gasteiger charge is 2.37. The van der Waals surface area contributed by atoms with Crippen LogP contribution >= 0.6 is 0 Å². The summed E-state index contributed by atoms with van der Waals surface area (Å²) >= 11 is 0. The van der Waals surface area contributed by atoms with Gasteiger partial charge in [-0.05, 0) is 5.56 Å². The van der Waals surface area contributed by atoms with Crippen LogP contribution in [-0.2, 0) is 16.1 Å². The van der Waals surface area contributed by atoms with Crippen LogP contribution in [0.25, 0.3) is 0 Å². The van der Waals surface area contributed by atoms with Crippen molar-refractivity contribution < 1.29 is 14.6 Å². The molecule has 1 aliphatic heterocycles. The lowest BCUT2D eigenvalue weighted by Crippen LogP contribution is -2.07. The van der Waals surface area contributed by atoms with Crippen molar-refractivity contribution in [3.05, 3.63) is 35.9 Å². The highest BCUT2D eigenvalue weighted by atomic mass is 16.7. The fourth-order valence-corrected chi connectivity index (χ4v) is 1.35. The molecule has 14 heavy (non-hydrogen) atoms. The van der Waals surface area contributed by atoms with Gasteiger partial charge in [0, 0.05) is 0 Å². The third-order valence-electron chi connectivity index (χ3n) is 2.26. The van der Waals surface area contributed by atoms with E-state index in [1.165, 1.54) is 0 Å². The first-order chi connectivity index (χ1) is 6.90. The third-order valence-corrected chi connectivity index (χ3v) is 2.26. The first kappa shape index (κ1) is 9.65. The average molecular weight is 195 g/mol. The number of ether oxygens (including phenoxy) is 2. The van der Waals surface area contributed by atoms with Gasteiger partial charge < -0.3 is 14.6 Å². The van der Waals surface area contributed by atoms with E-state index in [1.807, 2.05) is 30.3 Å². The zero-order chi connectivity index (χ0) is 9.80. The van der Waals surface area contributed by atoms with Crippen LogP contribution in [0, 0.1) is 0 Å². The summed E-state index contributed by atoms with van der Waals surface area (Å²) in [6.45, 7) is 1.28. The Kier molecular flexibility index (Phi) is 3.14. The zero-order valence-corrected chi connectivity index (χ0v) is 7.93. The Morgan fingerprint density at radius 2 is 2.00 bits per heavy atom. The molecule has 0 amide bonds. The maximum atomic E-state index is 8.71. The van der Waals surface area contributed by atoms with Gasteiger partial charge in [-0.15, -0.1) is 0 Å². The molecule has 76 valence electrons. The lowest BCUT2D eigenvalue weighted by atomic mass is 10.2. The molecule has 1 aromatic rings. The van der Waals surface area contributed by atoms with Gasteiger partial charge in [-0.25, -0.2) is 0 Å². The van der Waals surface area contributed by atoms with Crippen molar-refractivity contribution in [1.82, 2.24) is 0 Å². The minimum atomic E-state index is 0.00535. The van der Waals surface area contributed by atoms with Gasteiger partial charge in [0.15, 0.2) is 0 Å². The molecule has 1 aromatic carbocycles. The van der Waals surface area contributed by atoms with Gasteiger partial charge in [0.05, 0.1) is 19.8 Å². The van der Waals surface area contributed by atoms with Gasteiger partial charge >= 0.3 is 0 Å². The van der Waals surface area contributed by atoms with Crippen LogP contribution in [0.4, 0.5) is 0 Å². The topological polar surface area (TPSA) is 42.0 Å². The minimum absolute atomic E-state index is 0.00535. The molecule has 1 fully saturated rings. The minimum Gasteiger partial charge on any atom is -0.394 e. The van der Waals surface area contributed by atoms with E-state index < -0.39 is 0 Å². The van der Waals surface area contributed by atoms with E-state index in [-0.39, 0.29) is 18.8 Å². The number of aliphatic hydroxyl groups excluding tert-OH is 1. The van der Waals surface area contributed by atoms with E-state index in [1.54, 1.807) is 0 Å². The normalized spacial score (nSPS) is 24.9. The van der Waals surface area contributed by atoms with Crippen LogP contribution in [0.2, 0.25) is 0 Å². The predicted molar refractivity (Wildman–Crippen MR) is 51.8 cm³/mol. The lowest BCUT2D eigenvalue weighted by molar-refractivity contribution is 0.104. The third kappa shape index (κ3) is 2.54. The highest BCUT2D eigenvalue weighted by Crippen LogP contribution is 2.21. The van der Waals surface area contributed by atoms with Gasteiger partial charge in [0.1, 0.15) is 12.2 Å². The maximum absolute atomic E-state index is 8.71. The number of rotatable bonds is 5. The second-order valence-electron chi connectivity index (χ2n) is 3.40. The SMILES string of the molecule is OC[C@@H]1O[13C@@H]1COCc1ccccc1. The van der Waals surface area contributed by atoms with Crippen molar-refractivity contribution in [3.8, 4) is 0 Å². The van der Waals surface area contributed by atoms with E-state index in [9.17, 15) is 0 Å². The van der Waals surface area contributed by atoms with Crippen LogP contribution in [0.3, 0.4) is 0 Å². The van der Waals surface area contributed by atoms with E-state index in [2.05, 4.69) is 0 Å². The van der Waals surface area contributed by atoms with Crippen molar-refractivity contribution in [2.75, 3.05) is 13.2 Å². The lowest BCUT2D eigenvalue weighted by Gasteiger charge is -2.01. The summed E-state index contributed by atoms with van der Waals surface area (Å²) in [4.78, 5) is 0. The quantitative estimate of drug-likeness (QED) is 0.562.